The summed E-state index contributed by atoms with van der Waals surface area (Å²) in [6.07, 6.45) is 0. The fourth-order valence-electron chi connectivity index (χ4n) is 2.87. The fourth-order valence-corrected chi connectivity index (χ4v) is 2.87. The van der Waals surface area contributed by atoms with E-state index >= 15 is 0 Å². The monoisotopic (exact) mass is 298 g/mol. The van der Waals surface area contributed by atoms with E-state index in [4.69, 9.17) is 0 Å². The standard InChI is InChI=1S/C20H30N2/c1-15(2)17(5)21-11-13-22(14-12-21)18(6)20-9-7-19(8-10-20)16(3)4/h7-10,15-16H,5-6,11-14H2,1-4H3. The molecule has 0 bridgehead atoms. The van der Waals surface area contributed by atoms with Gasteiger partial charge < -0.3 is 9.80 Å². The summed E-state index contributed by atoms with van der Waals surface area (Å²) >= 11 is 0. The van der Waals surface area contributed by atoms with Crippen LogP contribution in [0.3, 0.4) is 0 Å². The fraction of sp³-hybridized carbons (Fsp3) is 0.500. The molecule has 1 aliphatic heterocycles. The van der Waals surface area contributed by atoms with E-state index in [1.807, 2.05) is 0 Å². The zero-order valence-electron chi connectivity index (χ0n) is 14.6. The molecule has 2 nitrogen and oxygen atoms in total. The Labute approximate surface area is 136 Å². The van der Waals surface area contributed by atoms with Crippen molar-refractivity contribution in [2.75, 3.05) is 26.2 Å². The lowest BCUT2D eigenvalue weighted by Gasteiger charge is -2.40. The Morgan fingerprint density at radius 3 is 1.82 bits per heavy atom. The van der Waals surface area contributed by atoms with Crippen molar-refractivity contribution in [3.05, 3.63) is 54.2 Å². The van der Waals surface area contributed by atoms with E-state index in [2.05, 4.69) is 74.9 Å². The summed E-state index contributed by atoms with van der Waals surface area (Å²) in [4.78, 5) is 4.81. The molecule has 22 heavy (non-hydrogen) atoms. The SMILES string of the molecule is C=C(c1ccc(C(C)C)cc1)N1CCN(C(=C)C(C)C)CC1. The van der Waals surface area contributed by atoms with Crippen molar-refractivity contribution >= 4 is 5.70 Å². The summed E-state index contributed by atoms with van der Waals surface area (Å²) in [5.41, 5.74) is 5.02. The maximum atomic E-state index is 4.31. The molecule has 0 N–H and O–H groups in total. The summed E-state index contributed by atoms with van der Waals surface area (Å²) in [6.45, 7) is 21.5. The molecular formula is C20H30N2. The van der Waals surface area contributed by atoms with Crippen LogP contribution >= 0.6 is 0 Å². The molecule has 1 aromatic carbocycles. The van der Waals surface area contributed by atoms with Crippen LogP contribution in [0.4, 0.5) is 0 Å². The molecule has 0 aromatic heterocycles. The van der Waals surface area contributed by atoms with Gasteiger partial charge in [-0.2, -0.15) is 0 Å². The van der Waals surface area contributed by atoms with Crippen LogP contribution in [0, 0.1) is 5.92 Å². The Morgan fingerprint density at radius 1 is 0.864 bits per heavy atom. The summed E-state index contributed by atoms with van der Waals surface area (Å²) < 4.78 is 0. The molecule has 120 valence electrons. The summed E-state index contributed by atoms with van der Waals surface area (Å²) in [7, 11) is 0. The largest absolute Gasteiger partial charge is 0.372 e. The van der Waals surface area contributed by atoms with E-state index in [1.54, 1.807) is 0 Å². The van der Waals surface area contributed by atoms with Crippen molar-refractivity contribution in [1.82, 2.24) is 9.80 Å². The van der Waals surface area contributed by atoms with Gasteiger partial charge in [0.25, 0.3) is 0 Å². The maximum Gasteiger partial charge on any atom is 0.0368 e. The van der Waals surface area contributed by atoms with Gasteiger partial charge in [0.05, 0.1) is 0 Å². The van der Waals surface area contributed by atoms with Crippen LogP contribution in [-0.4, -0.2) is 36.0 Å². The molecule has 1 aliphatic rings. The first kappa shape index (κ1) is 16.7. The lowest BCUT2D eigenvalue weighted by Crippen LogP contribution is -2.45. The highest BCUT2D eigenvalue weighted by Crippen LogP contribution is 2.23. The first-order valence-electron chi connectivity index (χ1n) is 8.38. The highest BCUT2D eigenvalue weighted by Gasteiger charge is 2.20. The van der Waals surface area contributed by atoms with E-state index in [0.29, 0.717) is 11.8 Å². The quantitative estimate of drug-likeness (QED) is 0.786. The number of allylic oxidation sites excluding steroid dienone is 1. The van der Waals surface area contributed by atoms with E-state index in [9.17, 15) is 0 Å². The zero-order valence-corrected chi connectivity index (χ0v) is 14.6. The predicted molar refractivity (Wildman–Crippen MR) is 96.7 cm³/mol. The van der Waals surface area contributed by atoms with Crippen LogP contribution in [0.25, 0.3) is 5.70 Å². The number of hydrogen-bond acceptors (Lipinski definition) is 2. The van der Waals surface area contributed by atoms with E-state index < -0.39 is 0 Å². The average Bonchev–Trinajstić information content (AvgIpc) is 2.53. The number of benzene rings is 1. The Kier molecular flexibility index (Phi) is 5.33. The molecule has 0 amide bonds. The number of rotatable bonds is 5. The van der Waals surface area contributed by atoms with Crippen LogP contribution in [-0.2, 0) is 0 Å². The molecule has 0 spiro atoms. The van der Waals surface area contributed by atoms with Gasteiger partial charge in [0.2, 0.25) is 0 Å². The second-order valence-corrected chi connectivity index (χ2v) is 6.84. The van der Waals surface area contributed by atoms with Gasteiger partial charge in [-0.3, -0.25) is 0 Å². The van der Waals surface area contributed by atoms with Gasteiger partial charge in [-0.05, 0) is 23.0 Å². The van der Waals surface area contributed by atoms with E-state index in [1.165, 1.54) is 16.8 Å². The van der Waals surface area contributed by atoms with Gasteiger partial charge in [0.1, 0.15) is 0 Å². The second kappa shape index (κ2) is 7.04. The number of hydrogen-bond donors (Lipinski definition) is 0. The molecule has 2 heteroatoms. The molecule has 0 atom stereocenters. The Morgan fingerprint density at radius 2 is 1.36 bits per heavy atom. The minimum atomic E-state index is 0.526. The lowest BCUT2D eigenvalue weighted by atomic mass is 10.0. The topological polar surface area (TPSA) is 6.48 Å². The summed E-state index contributed by atoms with van der Waals surface area (Å²) in [5, 5.41) is 0. The summed E-state index contributed by atoms with van der Waals surface area (Å²) in [6, 6.07) is 8.86. The average molecular weight is 298 g/mol. The van der Waals surface area contributed by atoms with Gasteiger partial charge in [-0.25, -0.2) is 0 Å². The molecule has 2 rings (SSSR count). The molecule has 1 fully saturated rings. The Bertz CT molecular complexity index is 517. The van der Waals surface area contributed by atoms with E-state index in [0.717, 1.165) is 31.9 Å². The van der Waals surface area contributed by atoms with Gasteiger partial charge in [0, 0.05) is 37.6 Å². The minimum Gasteiger partial charge on any atom is -0.372 e. The van der Waals surface area contributed by atoms with Gasteiger partial charge in [-0.15, -0.1) is 0 Å². The van der Waals surface area contributed by atoms with Crippen LogP contribution in [0.15, 0.2) is 43.1 Å². The highest BCUT2D eigenvalue weighted by molar-refractivity contribution is 5.62. The highest BCUT2D eigenvalue weighted by atomic mass is 15.3. The van der Waals surface area contributed by atoms with Crippen molar-refractivity contribution in [1.29, 1.82) is 0 Å². The normalized spacial score (nSPS) is 15.5. The third-order valence-corrected chi connectivity index (χ3v) is 4.64. The molecule has 0 unspecified atom stereocenters. The first-order valence-corrected chi connectivity index (χ1v) is 8.38. The maximum absolute atomic E-state index is 4.31. The molecule has 0 radical (unpaired) electrons. The van der Waals surface area contributed by atoms with Gasteiger partial charge >= 0.3 is 0 Å². The van der Waals surface area contributed by atoms with Crippen LogP contribution in [0.5, 0.6) is 0 Å². The van der Waals surface area contributed by atoms with Gasteiger partial charge in [-0.1, -0.05) is 65.1 Å². The molecular weight excluding hydrogens is 268 g/mol. The predicted octanol–water partition coefficient (Wildman–Crippen LogP) is 4.57. The molecule has 0 saturated carbocycles. The van der Waals surface area contributed by atoms with Crippen LogP contribution in [0.2, 0.25) is 0 Å². The number of nitrogens with zero attached hydrogens (tertiary/aromatic N) is 2. The summed E-state index contributed by atoms with van der Waals surface area (Å²) in [5.74, 6) is 1.10. The van der Waals surface area contributed by atoms with Crippen molar-refractivity contribution in [2.24, 2.45) is 5.92 Å². The molecule has 1 heterocycles. The second-order valence-electron chi connectivity index (χ2n) is 6.84. The first-order chi connectivity index (χ1) is 10.4. The molecule has 0 aliphatic carbocycles. The Hall–Kier alpha value is -1.70. The van der Waals surface area contributed by atoms with E-state index in [-0.39, 0.29) is 0 Å². The zero-order chi connectivity index (χ0) is 16.3. The van der Waals surface area contributed by atoms with Crippen LogP contribution < -0.4 is 0 Å². The van der Waals surface area contributed by atoms with Crippen LogP contribution in [0.1, 0.15) is 44.7 Å². The van der Waals surface area contributed by atoms with Crippen molar-refractivity contribution in [2.45, 2.75) is 33.6 Å². The Balaban J connectivity index is 1.96. The van der Waals surface area contributed by atoms with Gasteiger partial charge in [0.15, 0.2) is 0 Å². The lowest BCUT2D eigenvalue weighted by molar-refractivity contribution is 0.201. The number of piperazine rings is 1. The van der Waals surface area contributed by atoms with Crippen molar-refractivity contribution < 1.29 is 0 Å². The smallest absolute Gasteiger partial charge is 0.0368 e. The third-order valence-electron chi connectivity index (χ3n) is 4.64. The van der Waals surface area contributed by atoms with Crippen molar-refractivity contribution in [3.8, 4) is 0 Å². The molecule has 1 aromatic rings. The third kappa shape index (κ3) is 3.73. The van der Waals surface area contributed by atoms with Crippen molar-refractivity contribution in [3.63, 3.8) is 0 Å². The molecule has 1 saturated heterocycles. The minimum absolute atomic E-state index is 0.526.